The molecule has 2 aromatic rings. The van der Waals surface area contributed by atoms with E-state index >= 15 is 0 Å². The van der Waals surface area contributed by atoms with Crippen LogP contribution in [0.1, 0.15) is 23.6 Å². The fraction of sp³-hybridized carbons (Fsp3) is 0.250. The summed E-state index contributed by atoms with van der Waals surface area (Å²) in [6, 6.07) is 14.4. The molecule has 100 valence electrons. The SMILES string of the molecule is CNC(CCc1ccc(F)c(F)c1)c1ccccc1. The van der Waals surface area contributed by atoms with E-state index in [-0.39, 0.29) is 6.04 Å². The standard InChI is InChI=1S/C16H17F2N/c1-19-16(13-5-3-2-4-6-13)10-8-12-7-9-14(17)15(18)11-12/h2-7,9,11,16,19H,8,10H2,1H3. The van der Waals surface area contributed by atoms with Crippen molar-refractivity contribution in [3.63, 3.8) is 0 Å². The minimum absolute atomic E-state index is 0.217. The van der Waals surface area contributed by atoms with E-state index in [0.717, 1.165) is 12.0 Å². The molecule has 0 aliphatic carbocycles. The zero-order chi connectivity index (χ0) is 13.7. The van der Waals surface area contributed by atoms with Gasteiger partial charge < -0.3 is 5.32 Å². The van der Waals surface area contributed by atoms with Gasteiger partial charge in [0.25, 0.3) is 0 Å². The van der Waals surface area contributed by atoms with Gasteiger partial charge in [0, 0.05) is 6.04 Å². The Morgan fingerprint density at radius 2 is 1.74 bits per heavy atom. The first kappa shape index (κ1) is 13.7. The lowest BCUT2D eigenvalue weighted by molar-refractivity contribution is 0.504. The third kappa shape index (κ3) is 3.61. The lowest BCUT2D eigenvalue weighted by Crippen LogP contribution is -2.17. The summed E-state index contributed by atoms with van der Waals surface area (Å²) in [6.07, 6.45) is 1.54. The Morgan fingerprint density at radius 3 is 2.37 bits per heavy atom. The quantitative estimate of drug-likeness (QED) is 0.861. The number of aryl methyl sites for hydroxylation is 1. The Hall–Kier alpha value is -1.74. The topological polar surface area (TPSA) is 12.0 Å². The zero-order valence-corrected chi connectivity index (χ0v) is 10.9. The van der Waals surface area contributed by atoms with Crippen molar-refractivity contribution in [2.75, 3.05) is 7.05 Å². The van der Waals surface area contributed by atoms with Crippen LogP contribution in [-0.2, 0) is 6.42 Å². The van der Waals surface area contributed by atoms with Gasteiger partial charge >= 0.3 is 0 Å². The summed E-state index contributed by atoms with van der Waals surface area (Å²) in [5.74, 6) is -1.57. The second-order valence-corrected chi connectivity index (χ2v) is 4.54. The molecular weight excluding hydrogens is 244 g/mol. The van der Waals surface area contributed by atoms with Gasteiger partial charge in [-0.25, -0.2) is 8.78 Å². The van der Waals surface area contributed by atoms with Gasteiger partial charge in [-0.2, -0.15) is 0 Å². The molecule has 0 aromatic heterocycles. The van der Waals surface area contributed by atoms with E-state index in [1.165, 1.54) is 17.7 Å². The number of halogens is 2. The largest absolute Gasteiger partial charge is 0.313 e. The molecule has 0 saturated heterocycles. The maximum atomic E-state index is 13.1. The monoisotopic (exact) mass is 261 g/mol. The molecule has 0 aliphatic heterocycles. The van der Waals surface area contributed by atoms with E-state index < -0.39 is 11.6 Å². The lowest BCUT2D eigenvalue weighted by Gasteiger charge is -2.16. The van der Waals surface area contributed by atoms with E-state index in [1.54, 1.807) is 6.07 Å². The molecule has 2 aromatic carbocycles. The van der Waals surface area contributed by atoms with Gasteiger partial charge in [0.05, 0.1) is 0 Å². The van der Waals surface area contributed by atoms with Crippen LogP contribution in [0, 0.1) is 11.6 Å². The highest BCUT2D eigenvalue weighted by Gasteiger charge is 2.09. The van der Waals surface area contributed by atoms with E-state index in [4.69, 9.17) is 0 Å². The van der Waals surface area contributed by atoms with Crippen LogP contribution in [0.3, 0.4) is 0 Å². The van der Waals surface area contributed by atoms with Gasteiger partial charge in [-0.15, -0.1) is 0 Å². The van der Waals surface area contributed by atoms with Crippen LogP contribution in [0.15, 0.2) is 48.5 Å². The predicted molar refractivity (Wildman–Crippen MR) is 72.9 cm³/mol. The van der Waals surface area contributed by atoms with Crippen molar-refractivity contribution in [3.05, 3.63) is 71.3 Å². The van der Waals surface area contributed by atoms with Crippen LogP contribution < -0.4 is 5.32 Å². The summed E-state index contributed by atoms with van der Waals surface area (Å²) >= 11 is 0. The molecule has 0 saturated carbocycles. The molecule has 1 atom stereocenters. The molecular formula is C16H17F2N. The Kier molecular flexibility index (Phi) is 4.63. The molecule has 0 fully saturated rings. The lowest BCUT2D eigenvalue weighted by atomic mass is 9.99. The van der Waals surface area contributed by atoms with Gasteiger partial charge in [-0.3, -0.25) is 0 Å². The fourth-order valence-corrected chi connectivity index (χ4v) is 2.17. The highest BCUT2D eigenvalue weighted by Crippen LogP contribution is 2.19. The Balaban J connectivity index is 2.02. The first-order chi connectivity index (χ1) is 9.20. The summed E-state index contributed by atoms with van der Waals surface area (Å²) in [5.41, 5.74) is 2.02. The van der Waals surface area contributed by atoms with Crippen molar-refractivity contribution in [3.8, 4) is 0 Å². The molecule has 3 heteroatoms. The molecule has 0 heterocycles. The van der Waals surface area contributed by atoms with Crippen LogP contribution in [-0.4, -0.2) is 7.05 Å². The van der Waals surface area contributed by atoms with E-state index in [9.17, 15) is 8.78 Å². The molecule has 1 N–H and O–H groups in total. The molecule has 0 aliphatic rings. The molecule has 0 bridgehead atoms. The highest BCUT2D eigenvalue weighted by molar-refractivity contribution is 5.21. The number of benzene rings is 2. The second kappa shape index (κ2) is 6.43. The van der Waals surface area contributed by atoms with E-state index in [1.807, 2.05) is 25.2 Å². The molecule has 0 spiro atoms. The van der Waals surface area contributed by atoms with Crippen molar-refractivity contribution >= 4 is 0 Å². The minimum Gasteiger partial charge on any atom is -0.313 e. The van der Waals surface area contributed by atoms with Crippen molar-refractivity contribution in [1.29, 1.82) is 0 Å². The summed E-state index contributed by atoms with van der Waals surface area (Å²) in [6.45, 7) is 0. The first-order valence-corrected chi connectivity index (χ1v) is 6.37. The highest BCUT2D eigenvalue weighted by atomic mass is 19.2. The summed E-state index contributed by atoms with van der Waals surface area (Å²) in [4.78, 5) is 0. The number of hydrogen-bond donors (Lipinski definition) is 1. The van der Waals surface area contributed by atoms with E-state index in [2.05, 4.69) is 17.4 Å². The summed E-state index contributed by atoms with van der Waals surface area (Å²) < 4.78 is 26.0. The van der Waals surface area contributed by atoms with Crippen LogP contribution in [0.25, 0.3) is 0 Å². The van der Waals surface area contributed by atoms with Gasteiger partial charge in [-0.1, -0.05) is 36.4 Å². The van der Waals surface area contributed by atoms with Crippen molar-refractivity contribution in [1.82, 2.24) is 5.32 Å². The first-order valence-electron chi connectivity index (χ1n) is 6.37. The molecule has 1 unspecified atom stereocenters. The van der Waals surface area contributed by atoms with Gasteiger partial charge in [-0.05, 0) is 43.1 Å². The van der Waals surface area contributed by atoms with Gasteiger partial charge in [0.2, 0.25) is 0 Å². The Labute approximate surface area is 112 Å². The maximum absolute atomic E-state index is 13.1. The second-order valence-electron chi connectivity index (χ2n) is 4.54. The van der Waals surface area contributed by atoms with Gasteiger partial charge in [0.15, 0.2) is 11.6 Å². The average Bonchev–Trinajstić information content (AvgIpc) is 2.44. The number of hydrogen-bond acceptors (Lipinski definition) is 1. The molecule has 0 radical (unpaired) electrons. The predicted octanol–water partition coefficient (Wildman–Crippen LogP) is 3.86. The van der Waals surface area contributed by atoms with Crippen LogP contribution >= 0.6 is 0 Å². The minimum atomic E-state index is -0.794. The number of nitrogens with one attached hydrogen (secondary N) is 1. The summed E-state index contributed by atoms with van der Waals surface area (Å²) in [7, 11) is 1.91. The third-order valence-corrected chi connectivity index (χ3v) is 3.26. The van der Waals surface area contributed by atoms with Crippen molar-refractivity contribution in [2.24, 2.45) is 0 Å². The molecule has 19 heavy (non-hydrogen) atoms. The molecule has 2 rings (SSSR count). The Morgan fingerprint density at radius 1 is 1.00 bits per heavy atom. The fourth-order valence-electron chi connectivity index (χ4n) is 2.17. The van der Waals surface area contributed by atoms with Crippen LogP contribution in [0.5, 0.6) is 0 Å². The number of rotatable bonds is 5. The summed E-state index contributed by atoms with van der Waals surface area (Å²) in [5, 5.41) is 3.25. The zero-order valence-electron chi connectivity index (χ0n) is 10.9. The Bertz CT molecular complexity index is 526. The van der Waals surface area contributed by atoms with E-state index in [0.29, 0.717) is 6.42 Å². The normalized spacial score (nSPS) is 12.4. The maximum Gasteiger partial charge on any atom is 0.159 e. The van der Waals surface area contributed by atoms with Crippen LogP contribution in [0.2, 0.25) is 0 Å². The average molecular weight is 261 g/mol. The van der Waals surface area contributed by atoms with Crippen molar-refractivity contribution < 1.29 is 8.78 Å². The molecule has 0 amide bonds. The van der Waals surface area contributed by atoms with Crippen molar-refractivity contribution in [2.45, 2.75) is 18.9 Å². The third-order valence-electron chi connectivity index (χ3n) is 3.26. The molecule has 1 nitrogen and oxygen atoms in total. The van der Waals surface area contributed by atoms with Gasteiger partial charge in [0.1, 0.15) is 0 Å². The van der Waals surface area contributed by atoms with Crippen LogP contribution in [0.4, 0.5) is 8.78 Å². The smallest absolute Gasteiger partial charge is 0.159 e.